The van der Waals surface area contributed by atoms with Gasteiger partial charge in [0, 0.05) is 11.2 Å². The highest BCUT2D eigenvalue weighted by atomic mass is 79.9. The average Bonchev–Trinajstić information content (AvgIpc) is 2.46. The van der Waals surface area contributed by atoms with E-state index < -0.39 is 11.9 Å². The molecule has 0 aromatic heterocycles. The molecule has 19 heavy (non-hydrogen) atoms. The molecule has 98 valence electrons. The minimum atomic E-state index is -0.792. The van der Waals surface area contributed by atoms with Crippen molar-refractivity contribution in [2.24, 2.45) is 0 Å². The van der Waals surface area contributed by atoms with Crippen LogP contribution in [0.2, 0.25) is 0 Å². The van der Waals surface area contributed by atoms with Gasteiger partial charge in [0.15, 0.2) is 0 Å². The monoisotopic (exact) mass is 318 g/mol. The van der Waals surface area contributed by atoms with Crippen LogP contribution in [0.4, 0.5) is 0 Å². The van der Waals surface area contributed by atoms with Gasteiger partial charge in [0.05, 0.1) is 5.92 Å². The van der Waals surface area contributed by atoms with Crippen LogP contribution >= 0.6 is 15.9 Å². The molecule has 0 bridgehead atoms. The smallest absolute Gasteiger partial charge is 0.311 e. The molecule has 0 saturated heterocycles. The molecule has 1 N–H and O–H groups in total. The second-order valence-corrected chi connectivity index (χ2v) is 5.05. The molecule has 2 atom stereocenters. The molecule has 2 unspecified atom stereocenters. The summed E-state index contributed by atoms with van der Waals surface area (Å²) >= 11 is 3.46. The lowest BCUT2D eigenvalue weighted by Crippen LogP contribution is -2.21. The highest BCUT2D eigenvalue weighted by molar-refractivity contribution is 9.09. The van der Waals surface area contributed by atoms with Gasteiger partial charge in [0.25, 0.3) is 0 Å². The lowest BCUT2D eigenvalue weighted by Gasteiger charge is -2.23. The summed E-state index contributed by atoms with van der Waals surface area (Å²) < 4.78 is 0. The highest BCUT2D eigenvalue weighted by Crippen LogP contribution is 2.34. The minimum absolute atomic E-state index is 0.0823. The van der Waals surface area contributed by atoms with Crippen molar-refractivity contribution in [2.75, 3.05) is 5.33 Å². The van der Waals surface area contributed by atoms with E-state index in [0.717, 1.165) is 11.1 Å². The maximum absolute atomic E-state index is 11.7. The zero-order valence-electron chi connectivity index (χ0n) is 10.4. The van der Waals surface area contributed by atoms with Crippen LogP contribution in [0.3, 0.4) is 0 Å². The second kappa shape index (κ2) is 6.53. The summed E-state index contributed by atoms with van der Waals surface area (Å²) in [7, 11) is 0. The van der Waals surface area contributed by atoms with Crippen LogP contribution in [0.1, 0.15) is 23.0 Å². The maximum atomic E-state index is 11.7. The molecule has 2 rings (SSSR count). The summed E-state index contributed by atoms with van der Waals surface area (Å²) in [4.78, 5) is 11.7. The number of carbonyl (C=O) groups is 1. The van der Waals surface area contributed by atoms with Crippen molar-refractivity contribution in [2.45, 2.75) is 11.8 Å². The van der Waals surface area contributed by atoms with Gasteiger partial charge in [0.2, 0.25) is 0 Å². The molecule has 0 radical (unpaired) electrons. The summed E-state index contributed by atoms with van der Waals surface area (Å²) in [5.41, 5.74) is 1.87. The zero-order valence-corrected chi connectivity index (χ0v) is 12.0. The molecule has 0 saturated carbocycles. The maximum Gasteiger partial charge on any atom is 0.311 e. The molecule has 0 aliphatic carbocycles. The van der Waals surface area contributed by atoms with E-state index >= 15 is 0 Å². The standard InChI is InChI=1S/C16H15BrO2/c17-11-14(12-7-3-1-4-8-12)15(16(18)19)13-9-5-2-6-10-13/h1-10,14-15H,11H2,(H,18,19). The van der Waals surface area contributed by atoms with E-state index in [4.69, 9.17) is 0 Å². The summed E-state index contributed by atoms with van der Waals surface area (Å²) in [6, 6.07) is 19.2. The van der Waals surface area contributed by atoms with Crippen molar-refractivity contribution in [1.82, 2.24) is 0 Å². The summed E-state index contributed by atoms with van der Waals surface area (Å²) in [6.07, 6.45) is 0. The molecule has 0 spiro atoms. The van der Waals surface area contributed by atoms with Gasteiger partial charge < -0.3 is 5.11 Å². The first kappa shape index (κ1) is 13.8. The summed E-state index contributed by atoms with van der Waals surface area (Å²) in [6.45, 7) is 0. The van der Waals surface area contributed by atoms with Crippen molar-refractivity contribution in [3.05, 3.63) is 71.8 Å². The lowest BCUT2D eigenvalue weighted by molar-refractivity contribution is -0.139. The third kappa shape index (κ3) is 3.24. The van der Waals surface area contributed by atoms with Crippen LogP contribution in [-0.4, -0.2) is 16.4 Å². The Bertz CT molecular complexity index is 525. The largest absolute Gasteiger partial charge is 0.481 e. The third-order valence-electron chi connectivity index (χ3n) is 3.22. The van der Waals surface area contributed by atoms with Crippen LogP contribution in [0.25, 0.3) is 0 Å². The fourth-order valence-electron chi connectivity index (χ4n) is 2.28. The number of carboxylic acids is 1. The molecule has 0 aliphatic rings. The van der Waals surface area contributed by atoms with Gasteiger partial charge in [-0.25, -0.2) is 0 Å². The number of halogens is 1. The predicted octanol–water partition coefficient (Wildman–Crippen LogP) is 4.03. The number of hydrogen-bond donors (Lipinski definition) is 1. The predicted molar refractivity (Wildman–Crippen MR) is 79.8 cm³/mol. The van der Waals surface area contributed by atoms with Crippen LogP contribution in [0.5, 0.6) is 0 Å². The van der Waals surface area contributed by atoms with Gasteiger partial charge >= 0.3 is 5.97 Å². The van der Waals surface area contributed by atoms with Crippen molar-refractivity contribution < 1.29 is 9.90 Å². The molecule has 2 aromatic rings. The molecule has 2 aromatic carbocycles. The van der Waals surface area contributed by atoms with Crippen molar-refractivity contribution in [3.63, 3.8) is 0 Å². The molecule has 0 amide bonds. The van der Waals surface area contributed by atoms with Crippen molar-refractivity contribution in [1.29, 1.82) is 0 Å². The van der Waals surface area contributed by atoms with Crippen LogP contribution < -0.4 is 0 Å². The van der Waals surface area contributed by atoms with E-state index in [1.54, 1.807) is 0 Å². The second-order valence-electron chi connectivity index (χ2n) is 4.40. The van der Waals surface area contributed by atoms with Gasteiger partial charge in [-0.15, -0.1) is 0 Å². The van der Waals surface area contributed by atoms with Crippen LogP contribution in [0.15, 0.2) is 60.7 Å². The number of aliphatic carboxylic acids is 1. The molecule has 0 heterocycles. The molecule has 0 fully saturated rings. The van der Waals surface area contributed by atoms with E-state index in [1.807, 2.05) is 60.7 Å². The average molecular weight is 319 g/mol. The topological polar surface area (TPSA) is 37.3 Å². The highest BCUT2D eigenvalue weighted by Gasteiger charge is 2.29. The molecule has 2 nitrogen and oxygen atoms in total. The van der Waals surface area contributed by atoms with E-state index in [9.17, 15) is 9.90 Å². The van der Waals surface area contributed by atoms with E-state index in [-0.39, 0.29) is 5.92 Å². The Morgan fingerprint density at radius 2 is 1.42 bits per heavy atom. The Hall–Kier alpha value is -1.61. The molecular formula is C16H15BrO2. The molecule has 3 heteroatoms. The quantitative estimate of drug-likeness (QED) is 0.845. The third-order valence-corrected chi connectivity index (χ3v) is 3.92. The zero-order chi connectivity index (χ0) is 13.7. The van der Waals surface area contributed by atoms with E-state index in [0.29, 0.717) is 5.33 Å². The van der Waals surface area contributed by atoms with Gasteiger partial charge in [-0.3, -0.25) is 4.79 Å². The van der Waals surface area contributed by atoms with Gasteiger partial charge in [0.1, 0.15) is 0 Å². The number of alkyl halides is 1. The number of rotatable bonds is 5. The van der Waals surface area contributed by atoms with Crippen LogP contribution in [-0.2, 0) is 4.79 Å². The lowest BCUT2D eigenvalue weighted by atomic mass is 9.83. The molecular weight excluding hydrogens is 304 g/mol. The van der Waals surface area contributed by atoms with Crippen LogP contribution in [0, 0.1) is 0 Å². The Labute approximate surface area is 121 Å². The molecule has 0 aliphatic heterocycles. The fraction of sp³-hybridized carbons (Fsp3) is 0.188. The Morgan fingerprint density at radius 3 is 1.84 bits per heavy atom. The summed E-state index contributed by atoms with van der Waals surface area (Å²) in [5.74, 6) is -1.41. The SMILES string of the molecule is O=C(O)C(c1ccccc1)C(CBr)c1ccccc1. The first-order valence-electron chi connectivity index (χ1n) is 6.12. The van der Waals surface area contributed by atoms with Crippen molar-refractivity contribution >= 4 is 21.9 Å². The Balaban J connectivity index is 2.41. The van der Waals surface area contributed by atoms with Gasteiger partial charge in [-0.05, 0) is 11.1 Å². The first-order chi connectivity index (χ1) is 9.24. The number of carboxylic acid groups (broad SMARTS) is 1. The van der Waals surface area contributed by atoms with Crippen molar-refractivity contribution in [3.8, 4) is 0 Å². The summed E-state index contributed by atoms with van der Waals surface area (Å²) in [5, 5.41) is 10.2. The first-order valence-corrected chi connectivity index (χ1v) is 7.25. The number of benzene rings is 2. The number of hydrogen-bond acceptors (Lipinski definition) is 1. The van der Waals surface area contributed by atoms with E-state index in [2.05, 4.69) is 15.9 Å². The van der Waals surface area contributed by atoms with Gasteiger partial charge in [-0.1, -0.05) is 76.6 Å². The minimum Gasteiger partial charge on any atom is -0.481 e. The van der Waals surface area contributed by atoms with E-state index in [1.165, 1.54) is 0 Å². The van der Waals surface area contributed by atoms with Gasteiger partial charge in [-0.2, -0.15) is 0 Å². The fourth-order valence-corrected chi connectivity index (χ4v) is 3.03. The normalized spacial score (nSPS) is 13.7. The Morgan fingerprint density at radius 1 is 0.947 bits per heavy atom. The Kier molecular flexibility index (Phi) is 4.74.